The molecule has 0 saturated carbocycles. The fourth-order valence-electron chi connectivity index (χ4n) is 1.88. The average molecular weight is 306 g/mol. The number of rotatable bonds is 6. The van der Waals surface area contributed by atoms with Crippen LogP contribution in [0.25, 0.3) is 0 Å². The molecule has 0 amide bonds. The number of nitrogens with one attached hydrogen (secondary N) is 1. The highest BCUT2D eigenvalue weighted by atomic mass is 35.5. The second kappa shape index (κ2) is 6.48. The molecular formula is C13H20ClNO3S. The van der Waals surface area contributed by atoms with Gasteiger partial charge in [-0.1, -0.05) is 13.0 Å². The molecule has 108 valence electrons. The van der Waals surface area contributed by atoms with Crippen molar-refractivity contribution in [1.82, 2.24) is 0 Å². The van der Waals surface area contributed by atoms with Gasteiger partial charge in [-0.05, 0) is 31.4 Å². The maximum absolute atomic E-state index is 12.0. The number of hydrogen-bond donors (Lipinski definition) is 1. The van der Waals surface area contributed by atoms with Gasteiger partial charge in [0.05, 0.1) is 18.6 Å². The fraction of sp³-hybridized carbons (Fsp3) is 0.538. The largest absolute Gasteiger partial charge is 0.496 e. The summed E-state index contributed by atoms with van der Waals surface area (Å²) in [6, 6.07) is 3.57. The van der Waals surface area contributed by atoms with E-state index in [4.69, 9.17) is 16.3 Å². The quantitative estimate of drug-likeness (QED) is 0.822. The Labute approximate surface area is 120 Å². The molecule has 0 aromatic heterocycles. The van der Waals surface area contributed by atoms with Gasteiger partial charge in [-0.2, -0.15) is 0 Å². The molecule has 1 rings (SSSR count). The van der Waals surface area contributed by atoms with E-state index in [1.165, 1.54) is 0 Å². The molecule has 1 unspecified atom stereocenters. The number of ether oxygens (including phenoxy) is 1. The molecule has 1 N–H and O–H groups in total. The molecule has 0 bridgehead atoms. The van der Waals surface area contributed by atoms with Crippen molar-refractivity contribution in [3.63, 3.8) is 0 Å². The number of halogens is 1. The van der Waals surface area contributed by atoms with Gasteiger partial charge in [0.15, 0.2) is 0 Å². The molecular weight excluding hydrogens is 286 g/mol. The molecule has 0 aliphatic rings. The lowest BCUT2D eigenvalue weighted by Gasteiger charge is -2.16. The van der Waals surface area contributed by atoms with Crippen LogP contribution in [0.3, 0.4) is 0 Å². The predicted molar refractivity (Wildman–Crippen MR) is 79.8 cm³/mol. The lowest BCUT2D eigenvalue weighted by atomic mass is 10.1. The molecule has 0 fully saturated rings. The van der Waals surface area contributed by atoms with E-state index in [0.29, 0.717) is 17.3 Å². The van der Waals surface area contributed by atoms with Crippen LogP contribution in [0.1, 0.15) is 18.1 Å². The van der Waals surface area contributed by atoms with Crippen molar-refractivity contribution >= 4 is 27.3 Å². The van der Waals surface area contributed by atoms with Crippen LogP contribution in [0.5, 0.6) is 5.75 Å². The van der Waals surface area contributed by atoms with Gasteiger partial charge in [0.1, 0.15) is 5.75 Å². The minimum absolute atomic E-state index is 0.00608. The summed E-state index contributed by atoms with van der Waals surface area (Å²) >= 11 is 5.65. The average Bonchev–Trinajstić information content (AvgIpc) is 2.33. The van der Waals surface area contributed by atoms with Gasteiger partial charge in [0, 0.05) is 11.4 Å². The summed E-state index contributed by atoms with van der Waals surface area (Å²) in [6.45, 7) is 5.54. The monoisotopic (exact) mass is 305 g/mol. The maximum atomic E-state index is 12.0. The number of hydrogen-bond acceptors (Lipinski definition) is 3. The van der Waals surface area contributed by atoms with Crippen LogP contribution in [0.15, 0.2) is 12.1 Å². The molecule has 0 heterocycles. The van der Waals surface area contributed by atoms with Crippen LogP contribution in [0, 0.1) is 19.8 Å². The molecule has 0 radical (unpaired) electrons. The molecule has 4 nitrogen and oxygen atoms in total. The minimum atomic E-state index is -3.40. The van der Waals surface area contributed by atoms with Crippen molar-refractivity contribution in [2.45, 2.75) is 20.8 Å². The summed E-state index contributed by atoms with van der Waals surface area (Å²) in [7, 11) is -1.82. The molecule has 6 heteroatoms. The smallest absolute Gasteiger partial charge is 0.233 e. The molecule has 0 aliphatic carbocycles. The van der Waals surface area contributed by atoms with E-state index < -0.39 is 10.0 Å². The maximum Gasteiger partial charge on any atom is 0.233 e. The third-order valence-electron chi connectivity index (χ3n) is 2.84. The Bertz CT molecular complexity index is 543. The van der Waals surface area contributed by atoms with Crippen molar-refractivity contribution in [3.8, 4) is 5.75 Å². The van der Waals surface area contributed by atoms with Gasteiger partial charge < -0.3 is 4.74 Å². The Morgan fingerprint density at radius 1 is 1.37 bits per heavy atom. The summed E-state index contributed by atoms with van der Waals surface area (Å²) in [5.74, 6) is 0.931. The van der Waals surface area contributed by atoms with E-state index in [0.717, 1.165) is 11.1 Å². The van der Waals surface area contributed by atoms with Gasteiger partial charge >= 0.3 is 0 Å². The first-order valence-corrected chi connectivity index (χ1v) is 8.20. The van der Waals surface area contributed by atoms with Crippen LogP contribution in [-0.4, -0.2) is 27.2 Å². The van der Waals surface area contributed by atoms with E-state index >= 15 is 0 Å². The second-order valence-corrected chi connectivity index (χ2v) is 6.81. The van der Waals surface area contributed by atoms with Crippen molar-refractivity contribution < 1.29 is 13.2 Å². The van der Waals surface area contributed by atoms with Gasteiger partial charge in [0.25, 0.3) is 0 Å². The summed E-state index contributed by atoms with van der Waals surface area (Å²) in [5, 5.41) is 0. The highest BCUT2D eigenvalue weighted by Crippen LogP contribution is 2.29. The van der Waals surface area contributed by atoms with Crippen molar-refractivity contribution in [2.75, 3.05) is 23.5 Å². The molecule has 0 spiro atoms. The van der Waals surface area contributed by atoms with Gasteiger partial charge in [-0.25, -0.2) is 8.42 Å². The number of sulfonamides is 1. The Kier molecular flexibility index (Phi) is 5.50. The third kappa shape index (κ3) is 4.28. The SMILES string of the molecule is COc1c(C)ccc(NS(=O)(=O)CC(C)CCl)c1C. The van der Waals surface area contributed by atoms with Crippen molar-refractivity contribution in [3.05, 3.63) is 23.3 Å². The zero-order valence-corrected chi connectivity index (χ0v) is 13.2. The summed E-state index contributed by atoms with van der Waals surface area (Å²) in [5.41, 5.74) is 2.30. The summed E-state index contributed by atoms with van der Waals surface area (Å²) < 4.78 is 31.9. The molecule has 1 aromatic rings. The second-order valence-electron chi connectivity index (χ2n) is 4.73. The van der Waals surface area contributed by atoms with Crippen molar-refractivity contribution in [2.24, 2.45) is 5.92 Å². The number of alkyl halides is 1. The van der Waals surface area contributed by atoms with Crippen LogP contribution in [0.4, 0.5) is 5.69 Å². The number of benzene rings is 1. The zero-order valence-electron chi connectivity index (χ0n) is 11.7. The van der Waals surface area contributed by atoms with Gasteiger partial charge in [-0.3, -0.25) is 4.72 Å². The van der Waals surface area contributed by atoms with Crippen LogP contribution < -0.4 is 9.46 Å². The molecule has 0 aliphatic heterocycles. The number of methoxy groups -OCH3 is 1. The summed E-state index contributed by atoms with van der Waals surface area (Å²) in [4.78, 5) is 0. The standard InChI is InChI=1S/C13H20ClNO3S/c1-9(7-14)8-19(16,17)15-12-6-5-10(2)13(18-4)11(12)3/h5-6,9,15H,7-8H2,1-4H3. The third-order valence-corrected chi connectivity index (χ3v) is 4.91. The Morgan fingerprint density at radius 3 is 2.53 bits per heavy atom. The number of aryl methyl sites for hydroxylation is 1. The zero-order chi connectivity index (χ0) is 14.6. The molecule has 1 atom stereocenters. The van der Waals surface area contributed by atoms with E-state index in [1.807, 2.05) is 19.9 Å². The first-order valence-electron chi connectivity index (χ1n) is 6.01. The normalized spacial score (nSPS) is 13.1. The first kappa shape index (κ1) is 16.1. The predicted octanol–water partition coefficient (Wildman–Crippen LogP) is 2.93. The van der Waals surface area contributed by atoms with E-state index in [1.54, 1.807) is 20.1 Å². The molecule has 1 aromatic carbocycles. The lowest BCUT2D eigenvalue weighted by molar-refractivity contribution is 0.409. The Hall–Kier alpha value is -0.940. The first-order chi connectivity index (χ1) is 8.80. The Morgan fingerprint density at radius 2 is 2.00 bits per heavy atom. The van der Waals surface area contributed by atoms with Gasteiger partial charge in [0.2, 0.25) is 10.0 Å². The molecule has 19 heavy (non-hydrogen) atoms. The van der Waals surface area contributed by atoms with E-state index in [9.17, 15) is 8.42 Å². The highest BCUT2D eigenvalue weighted by Gasteiger charge is 2.17. The van der Waals surface area contributed by atoms with Crippen LogP contribution >= 0.6 is 11.6 Å². The van der Waals surface area contributed by atoms with Crippen molar-refractivity contribution in [1.29, 1.82) is 0 Å². The van der Waals surface area contributed by atoms with Crippen LogP contribution in [-0.2, 0) is 10.0 Å². The Balaban J connectivity index is 3.00. The van der Waals surface area contributed by atoms with Gasteiger partial charge in [-0.15, -0.1) is 11.6 Å². The minimum Gasteiger partial charge on any atom is -0.496 e. The molecule has 0 saturated heterocycles. The van der Waals surface area contributed by atoms with Crippen LogP contribution in [0.2, 0.25) is 0 Å². The lowest BCUT2D eigenvalue weighted by Crippen LogP contribution is -2.22. The number of anilines is 1. The fourth-order valence-corrected chi connectivity index (χ4v) is 3.63. The van der Waals surface area contributed by atoms with E-state index in [2.05, 4.69) is 4.72 Å². The topological polar surface area (TPSA) is 55.4 Å². The summed E-state index contributed by atoms with van der Waals surface area (Å²) in [6.07, 6.45) is 0. The highest BCUT2D eigenvalue weighted by molar-refractivity contribution is 7.92. The van der Waals surface area contributed by atoms with E-state index in [-0.39, 0.29) is 11.7 Å².